The number of aromatic nitrogens is 2. The molecular formula is C49H60BrN5O7. The number of aryl methyl sites for hydroxylation is 1. The van der Waals surface area contributed by atoms with Crippen LogP contribution in [0.2, 0.25) is 0 Å². The first-order valence-corrected chi connectivity index (χ1v) is 22.9. The second kappa shape index (κ2) is 20.3. The number of amides is 1. The van der Waals surface area contributed by atoms with Crippen LogP contribution in [0.25, 0.3) is 16.3 Å². The molecule has 0 bridgehead atoms. The number of allylic oxidation sites excluding steroid dienone is 2. The smallest absolute Gasteiger partial charge is 0.410 e. The maximum absolute atomic E-state index is 14.3. The van der Waals surface area contributed by atoms with E-state index < -0.39 is 5.60 Å². The summed E-state index contributed by atoms with van der Waals surface area (Å²) in [6.45, 7) is 12.5. The van der Waals surface area contributed by atoms with Gasteiger partial charge in [-0.05, 0) is 93.8 Å². The van der Waals surface area contributed by atoms with Crippen molar-refractivity contribution in [3.8, 4) is 11.5 Å². The van der Waals surface area contributed by atoms with E-state index in [4.69, 9.17) is 28.8 Å². The van der Waals surface area contributed by atoms with Crippen LogP contribution in [0.3, 0.4) is 0 Å². The molecule has 13 heteroatoms. The number of rotatable bonds is 17. The summed E-state index contributed by atoms with van der Waals surface area (Å²) >= 11 is 3.78. The van der Waals surface area contributed by atoms with Gasteiger partial charge in [-0.1, -0.05) is 70.6 Å². The predicted octanol–water partition coefficient (Wildman–Crippen LogP) is 9.07. The number of halogens is 1. The van der Waals surface area contributed by atoms with Gasteiger partial charge in [0.1, 0.15) is 35.1 Å². The van der Waals surface area contributed by atoms with Gasteiger partial charge in [0.15, 0.2) is 0 Å². The van der Waals surface area contributed by atoms with Gasteiger partial charge >= 0.3 is 12.1 Å². The van der Waals surface area contributed by atoms with E-state index in [9.17, 15) is 9.59 Å². The third kappa shape index (κ3) is 10.3. The molecule has 2 unspecified atom stereocenters. The highest BCUT2D eigenvalue weighted by Crippen LogP contribution is 2.47. The van der Waals surface area contributed by atoms with Crippen LogP contribution in [0.15, 0.2) is 96.2 Å². The predicted molar refractivity (Wildman–Crippen MR) is 247 cm³/mol. The third-order valence-corrected chi connectivity index (χ3v) is 12.0. The Labute approximate surface area is 374 Å². The highest BCUT2D eigenvalue weighted by atomic mass is 79.9. The number of morpholine rings is 1. The Hall–Kier alpha value is -5.27. The number of fused-ring (bicyclic) bond motifs is 2. The molecule has 0 saturated carbocycles. The SMILES string of the molecule is CCOC(=O)C1=C(CCCOc2cccc3ccccc23)C2C=CC=C(c3c(COc4ccc(N5CCOCC5)cc4)nn(C)c3CBr)C2N1CCCN(C)C(=O)OC(C)(C)C. The summed E-state index contributed by atoms with van der Waals surface area (Å²) in [5, 5.41) is 7.78. The Balaban J connectivity index is 1.18. The molecule has 330 valence electrons. The second-order valence-electron chi connectivity index (χ2n) is 16.9. The molecule has 7 rings (SSSR count). The summed E-state index contributed by atoms with van der Waals surface area (Å²) in [6.07, 6.45) is 7.98. The number of esters is 1. The zero-order valence-electron chi connectivity index (χ0n) is 36.9. The van der Waals surface area contributed by atoms with Crippen molar-refractivity contribution < 1.29 is 33.3 Å². The van der Waals surface area contributed by atoms with Crippen LogP contribution in [0.1, 0.15) is 63.9 Å². The van der Waals surface area contributed by atoms with Crippen molar-refractivity contribution in [3.63, 3.8) is 0 Å². The molecule has 3 heterocycles. The lowest BCUT2D eigenvalue weighted by Gasteiger charge is -2.35. The molecule has 1 aromatic heterocycles. The van der Waals surface area contributed by atoms with Crippen molar-refractivity contribution in [2.24, 2.45) is 13.0 Å². The summed E-state index contributed by atoms with van der Waals surface area (Å²) in [7, 11) is 3.71. The average Bonchev–Trinajstić information content (AvgIpc) is 3.77. The molecular weight excluding hydrogens is 850 g/mol. The number of hydrogen-bond donors (Lipinski definition) is 0. The molecule has 1 aliphatic carbocycles. The van der Waals surface area contributed by atoms with Crippen LogP contribution in [-0.4, -0.2) is 103 Å². The lowest BCUT2D eigenvalue weighted by Crippen LogP contribution is -2.40. The fourth-order valence-electron chi connectivity index (χ4n) is 8.65. The Morgan fingerprint density at radius 1 is 0.984 bits per heavy atom. The first-order valence-electron chi connectivity index (χ1n) is 21.7. The van der Waals surface area contributed by atoms with E-state index in [-0.39, 0.29) is 37.2 Å². The molecule has 62 heavy (non-hydrogen) atoms. The lowest BCUT2D eigenvalue weighted by molar-refractivity contribution is -0.140. The molecule has 1 fully saturated rings. The summed E-state index contributed by atoms with van der Waals surface area (Å²) in [5.74, 6) is 1.12. The van der Waals surface area contributed by atoms with Crippen LogP contribution < -0.4 is 14.4 Å². The topological polar surface area (TPSA) is 108 Å². The van der Waals surface area contributed by atoms with E-state index in [1.807, 2.05) is 75.8 Å². The van der Waals surface area contributed by atoms with Gasteiger partial charge in [-0.15, -0.1) is 0 Å². The van der Waals surface area contributed by atoms with E-state index in [0.717, 1.165) is 82.4 Å². The molecule has 3 aliphatic rings. The number of hydrogen-bond acceptors (Lipinski definition) is 10. The molecule has 2 atom stereocenters. The monoisotopic (exact) mass is 909 g/mol. The highest BCUT2D eigenvalue weighted by Gasteiger charge is 2.46. The van der Waals surface area contributed by atoms with Crippen LogP contribution in [-0.2, 0) is 38.0 Å². The minimum Gasteiger partial charge on any atom is -0.493 e. The van der Waals surface area contributed by atoms with Gasteiger partial charge in [-0.25, -0.2) is 9.59 Å². The normalized spacial score (nSPS) is 17.6. The van der Waals surface area contributed by atoms with E-state index in [0.29, 0.717) is 50.0 Å². The van der Waals surface area contributed by atoms with E-state index >= 15 is 0 Å². The minimum absolute atomic E-state index is 0.125. The van der Waals surface area contributed by atoms with Crippen LogP contribution in [0.4, 0.5) is 10.5 Å². The largest absolute Gasteiger partial charge is 0.493 e. The molecule has 1 amide bonds. The number of benzene rings is 3. The van der Waals surface area contributed by atoms with Crippen LogP contribution >= 0.6 is 15.9 Å². The van der Waals surface area contributed by atoms with Gasteiger partial charge in [-0.2, -0.15) is 5.10 Å². The molecule has 4 aromatic rings. The van der Waals surface area contributed by atoms with Crippen molar-refractivity contribution in [2.75, 3.05) is 64.6 Å². The quantitative estimate of drug-likeness (QED) is 0.0579. The first-order chi connectivity index (χ1) is 30.0. The maximum atomic E-state index is 14.3. The van der Waals surface area contributed by atoms with Gasteiger partial charge in [0.2, 0.25) is 0 Å². The third-order valence-electron chi connectivity index (χ3n) is 11.5. The highest BCUT2D eigenvalue weighted by molar-refractivity contribution is 9.08. The Bertz CT molecular complexity index is 2280. The molecule has 12 nitrogen and oxygen atoms in total. The second-order valence-corrected chi connectivity index (χ2v) is 17.4. The van der Waals surface area contributed by atoms with Gasteiger partial charge in [0.25, 0.3) is 0 Å². The number of carbonyl (C=O) groups excluding carboxylic acids is 2. The summed E-state index contributed by atoms with van der Waals surface area (Å²) in [6, 6.07) is 22.3. The van der Waals surface area contributed by atoms with E-state index in [2.05, 4.69) is 74.3 Å². The van der Waals surface area contributed by atoms with Crippen LogP contribution in [0.5, 0.6) is 11.5 Å². The number of alkyl halides is 1. The van der Waals surface area contributed by atoms with E-state index in [1.165, 1.54) is 0 Å². The lowest BCUT2D eigenvalue weighted by atomic mass is 9.80. The van der Waals surface area contributed by atoms with Gasteiger partial charge in [0.05, 0.1) is 38.2 Å². The number of carbonyl (C=O) groups is 2. The molecule has 1 saturated heterocycles. The van der Waals surface area contributed by atoms with Gasteiger partial charge in [0, 0.05) is 68.2 Å². The summed E-state index contributed by atoms with van der Waals surface area (Å²) in [4.78, 5) is 33.4. The van der Waals surface area contributed by atoms with Crippen molar-refractivity contribution >= 4 is 50.0 Å². The fourth-order valence-corrected chi connectivity index (χ4v) is 9.29. The Morgan fingerprint density at radius 3 is 2.48 bits per heavy atom. The molecule has 3 aromatic carbocycles. The fraction of sp³-hybridized carbons (Fsp3) is 0.449. The minimum atomic E-state index is -0.613. The van der Waals surface area contributed by atoms with Crippen molar-refractivity contribution in [3.05, 3.63) is 113 Å². The number of nitrogens with zero attached hydrogens (tertiary/aromatic N) is 5. The average molecular weight is 911 g/mol. The van der Waals surface area contributed by atoms with E-state index in [1.54, 1.807) is 11.9 Å². The maximum Gasteiger partial charge on any atom is 0.410 e. The van der Waals surface area contributed by atoms with Gasteiger partial charge in [-0.3, -0.25) is 4.68 Å². The summed E-state index contributed by atoms with van der Waals surface area (Å²) in [5.41, 5.74) is 5.97. The standard InChI is InChI=1S/C49H60BrN5O7/c1-7-59-47(56)46-39(19-12-29-60-43-20-10-15-34-14-8-9-16-37(34)43)38-17-11-18-40(45(38)55(46)26-13-25-52(5)48(57)62-49(2,3)4)44-41(51-53(6)42(44)32-50)33-61-36-23-21-35(22-24-36)54-27-30-58-31-28-54/h8-11,14-18,20-24,38,45H,7,12-13,19,25-33H2,1-6H3. The molecule has 0 radical (unpaired) electrons. The zero-order chi connectivity index (χ0) is 43.8. The molecule has 2 aliphatic heterocycles. The molecule has 0 spiro atoms. The Morgan fingerprint density at radius 2 is 1.74 bits per heavy atom. The Kier molecular flexibility index (Phi) is 14.6. The zero-order valence-corrected chi connectivity index (χ0v) is 38.5. The number of ether oxygens (including phenoxy) is 5. The molecule has 0 N–H and O–H groups in total. The van der Waals surface area contributed by atoms with Gasteiger partial charge < -0.3 is 38.4 Å². The van der Waals surface area contributed by atoms with Crippen LogP contribution in [0, 0.1) is 5.92 Å². The van der Waals surface area contributed by atoms with Crippen molar-refractivity contribution in [1.82, 2.24) is 19.6 Å². The van der Waals surface area contributed by atoms with Crippen molar-refractivity contribution in [2.45, 2.75) is 70.5 Å². The first kappa shape index (κ1) is 44.8. The van der Waals surface area contributed by atoms with Crippen molar-refractivity contribution in [1.29, 1.82) is 0 Å². The summed E-state index contributed by atoms with van der Waals surface area (Å²) < 4.78 is 31.8. The number of anilines is 1.